The maximum atomic E-state index is 10.7. The highest BCUT2D eigenvalue weighted by atomic mass is 79.9. The molecule has 0 unspecified atom stereocenters. The van der Waals surface area contributed by atoms with Gasteiger partial charge in [-0.25, -0.2) is 0 Å². The highest BCUT2D eigenvalue weighted by molar-refractivity contribution is 9.11. The fourth-order valence-electron chi connectivity index (χ4n) is 1.64. The van der Waals surface area contributed by atoms with Gasteiger partial charge in [-0.1, -0.05) is 0 Å². The third kappa shape index (κ3) is 1.65. The molecule has 1 aromatic heterocycles. The molecular weight excluding hydrogens is 252 g/mol. The molecule has 0 bridgehead atoms. The van der Waals surface area contributed by atoms with Gasteiger partial charge in [0.2, 0.25) is 0 Å². The Balaban J connectivity index is 2.20. The summed E-state index contributed by atoms with van der Waals surface area (Å²) in [5.41, 5.74) is 1.21. The smallest absolute Gasteiger partial charge is 0.307 e. The summed E-state index contributed by atoms with van der Waals surface area (Å²) >= 11 is 5.08. The molecule has 4 heteroatoms. The maximum Gasteiger partial charge on any atom is 0.307 e. The molecule has 1 saturated carbocycles. The molecule has 0 aromatic carbocycles. The lowest BCUT2D eigenvalue weighted by Crippen LogP contribution is -1.98. The number of halogens is 1. The summed E-state index contributed by atoms with van der Waals surface area (Å²) in [7, 11) is 0. The van der Waals surface area contributed by atoms with E-state index in [1.54, 1.807) is 11.3 Å². The van der Waals surface area contributed by atoms with E-state index >= 15 is 0 Å². The Morgan fingerprint density at radius 3 is 2.85 bits per heavy atom. The molecule has 1 aliphatic rings. The van der Waals surface area contributed by atoms with Crippen molar-refractivity contribution in [2.75, 3.05) is 0 Å². The predicted molar refractivity (Wildman–Crippen MR) is 55.2 cm³/mol. The van der Waals surface area contributed by atoms with Crippen LogP contribution in [-0.4, -0.2) is 11.1 Å². The van der Waals surface area contributed by atoms with Crippen LogP contribution in [0.25, 0.3) is 0 Å². The molecule has 2 atom stereocenters. The summed E-state index contributed by atoms with van der Waals surface area (Å²) in [6.07, 6.45) is 0.805. The second-order valence-corrected chi connectivity index (χ2v) is 5.98. The van der Waals surface area contributed by atoms with Gasteiger partial charge in [0, 0.05) is 4.88 Å². The van der Waals surface area contributed by atoms with Gasteiger partial charge in [0.15, 0.2) is 0 Å². The second kappa shape index (κ2) is 3.10. The molecule has 2 rings (SSSR count). The van der Waals surface area contributed by atoms with E-state index in [1.165, 1.54) is 10.4 Å². The van der Waals surface area contributed by atoms with Crippen LogP contribution in [0.2, 0.25) is 0 Å². The minimum absolute atomic E-state index is 0.139. The number of rotatable bonds is 2. The molecule has 13 heavy (non-hydrogen) atoms. The Kier molecular flexibility index (Phi) is 2.20. The molecule has 70 valence electrons. The van der Waals surface area contributed by atoms with Crippen LogP contribution >= 0.6 is 27.3 Å². The van der Waals surface area contributed by atoms with Crippen LogP contribution in [0.4, 0.5) is 0 Å². The Morgan fingerprint density at radius 2 is 2.46 bits per heavy atom. The number of aryl methyl sites for hydroxylation is 1. The highest BCUT2D eigenvalue weighted by Crippen LogP contribution is 2.50. The minimum atomic E-state index is -0.660. The van der Waals surface area contributed by atoms with E-state index < -0.39 is 5.97 Å². The number of thiophene rings is 1. The molecule has 0 amide bonds. The molecule has 1 N–H and O–H groups in total. The first-order valence-electron chi connectivity index (χ1n) is 4.08. The Bertz CT molecular complexity index is 358. The topological polar surface area (TPSA) is 37.3 Å². The van der Waals surface area contributed by atoms with Crippen molar-refractivity contribution < 1.29 is 9.90 Å². The van der Waals surface area contributed by atoms with Gasteiger partial charge in [-0.05, 0) is 46.8 Å². The molecule has 0 spiro atoms. The Labute approximate surface area is 88.7 Å². The third-order valence-electron chi connectivity index (χ3n) is 2.43. The van der Waals surface area contributed by atoms with Gasteiger partial charge in [0.05, 0.1) is 9.70 Å². The number of carboxylic acid groups (broad SMARTS) is 1. The molecule has 1 aromatic rings. The largest absolute Gasteiger partial charge is 0.481 e. The zero-order valence-electron chi connectivity index (χ0n) is 7.08. The molecule has 1 aliphatic carbocycles. The fourth-order valence-corrected chi connectivity index (χ4v) is 3.42. The van der Waals surface area contributed by atoms with Crippen LogP contribution in [0.3, 0.4) is 0 Å². The van der Waals surface area contributed by atoms with Crippen LogP contribution in [0.15, 0.2) is 9.85 Å². The lowest BCUT2D eigenvalue weighted by atomic mass is 10.1. The van der Waals surface area contributed by atoms with Gasteiger partial charge in [-0.15, -0.1) is 11.3 Å². The SMILES string of the molecule is Cc1sc(Br)cc1[C@@H]1C[C@H]1C(=O)O. The first-order chi connectivity index (χ1) is 6.09. The predicted octanol–water partition coefficient (Wildman–Crippen LogP) is 3.01. The molecule has 0 aliphatic heterocycles. The molecule has 1 heterocycles. The second-order valence-electron chi connectivity index (χ2n) is 3.35. The van der Waals surface area contributed by atoms with Crippen LogP contribution in [0.5, 0.6) is 0 Å². The van der Waals surface area contributed by atoms with E-state index in [4.69, 9.17) is 5.11 Å². The highest BCUT2D eigenvalue weighted by Gasteiger charge is 2.45. The van der Waals surface area contributed by atoms with Crippen molar-refractivity contribution in [1.82, 2.24) is 0 Å². The van der Waals surface area contributed by atoms with Crippen molar-refractivity contribution in [3.8, 4) is 0 Å². The monoisotopic (exact) mass is 260 g/mol. The van der Waals surface area contributed by atoms with E-state index in [0.29, 0.717) is 0 Å². The number of hydrogen-bond acceptors (Lipinski definition) is 2. The van der Waals surface area contributed by atoms with Crippen molar-refractivity contribution in [1.29, 1.82) is 0 Å². The summed E-state index contributed by atoms with van der Waals surface area (Å²) < 4.78 is 1.09. The molecular formula is C9H9BrO2S. The molecule has 2 nitrogen and oxygen atoms in total. The number of aliphatic carboxylic acids is 1. The lowest BCUT2D eigenvalue weighted by Gasteiger charge is -1.94. The summed E-state index contributed by atoms with van der Waals surface area (Å²) in [5, 5.41) is 8.77. The van der Waals surface area contributed by atoms with E-state index in [0.717, 1.165) is 10.2 Å². The van der Waals surface area contributed by atoms with E-state index in [-0.39, 0.29) is 11.8 Å². The van der Waals surface area contributed by atoms with E-state index in [2.05, 4.69) is 15.9 Å². The van der Waals surface area contributed by atoms with Crippen LogP contribution in [-0.2, 0) is 4.79 Å². The Hall–Kier alpha value is -0.350. The molecule has 0 saturated heterocycles. The number of hydrogen-bond donors (Lipinski definition) is 1. The summed E-state index contributed by atoms with van der Waals surface area (Å²) in [6.45, 7) is 2.04. The van der Waals surface area contributed by atoms with Crippen molar-refractivity contribution >= 4 is 33.2 Å². The average molecular weight is 261 g/mol. The summed E-state index contributed by atoms with van der Waals surface area (Å²) in [4.78, 5) is 11.9. The molecule has 1 fully saturated rings. The normalized spacial score (nSPS) is 26.0. The average Bonchev–Trinajstić information content (AvgIpc) is 2.73. The van der Waals surface area contributed by atoms with Crippen molar-refractivity contribution in [2.24, 2.45) is 5.92 Å². The fraction of sp³-hybridized carbons (Fsp3) is 0.444. The van der Waals surface area contributed by atoms with Crippen molar-refractivity contribution in [2.45, 2.75) is 19.3 Å². The number of carbonyl (C=O) groups is 1. The first kappa shape index (κ1) is 9.21. The maximum absolute atomic E-state index is 10.7. The van der Waals surface area contributed by atoms with Crippen molar-refractivity contribution in [3.63, 3.8) is 0 Å². The van der Waals surface area contributed by atoms with Gasteiger partial charge in [-0.3, -0.25) is 4.79 Å². The van der Waals surface area contributed by atoms with Crippen molar-refractivity contribution in [3.05, 3.63) is 20.3 Å². The lowest BCUT2D eigenvalue weighted by molar-refractivity contribution is -0.138. The Morgan fingerprint density at radius 1 is 1.77 bits per heavy atom. The van der Waals surface area contributed by atoms with Gasteiger partial charge >= 0.3 is 5.97 Å². The van der Waals surface area contributed by atoms with Crippen LogP contribution in [0.1, 0.15) is 22.8 Å². The molecule has 0 radical (unpaired) electrons. The van der Waals surface area contributed by atoms with Gasteiger partial charge < -0.3 is 5.11 Å². The van der Waals surface area contributed by atoms with Gasteiger partial charge in [-0.2, -0.15) is 0 Å². The number of carboxylic acids is 1. The zero-order chi connectivity index (χ0) is 9.59. The minimum Gasteiger partial charge on any atom is -0.481 e. The van der Waals surface area contributed by atoms with Crippen LogP contribution < -0.4 is 0 Å². The quantitative estimate of drug-likeness (QED) is 0.888. The summed E-state index contributed by atoms with van der Waals surface area (Å²) in [5.74, 6) is -0.535. The van der Waals surface area contributed by atoms with Gasteiger partial charge in [0.1, 0.15) is 0 Å². The van der Waals surface area contributed by atoms with E-state index in [1.807, 2.05) is 13.0 Å². The summed E-state index contributed by atoms with van der Waals surface area (Å²) in [6, 6.07) is 2.05. The van der Waals surface area contributed by atoms with E-state index in [9.17, 15) is 4.79 Å². The zero-order valence-corrected chi connectivity index (χ0v) is 9.48. The standard InChI is InChI=1S/C9H9BrO2S/c1-4-5(3-8(10)13-4)6-2-7(6)9(11)12/h3,6-7H,2H2,1H3,(H,11,12)/t6-,7+/m0/s1. The van der Waals surface area contributed by atoms with Gasteiger partial charge in [0.25, 0.3) is 0 Å². The first-order valence-corrected chi connectivity index (χ1v) is 5.69. The van der Waals surface area contributed by atoms with Crippen LogP contribution in [0, 0.1) is 12.8 Å². The third-order valence-corrected chi connectivity index (χ3v) is 4.00.